The molecular formula is C17H11ClN2O4. The maximum absolute atomic E-state index is 12.5. The van der Waals surface area contributed by atoms with Gasteiger partial charge in [-0.3, -0.25) is 15.0 Å². The zero-order valence-electron chi connectivity index (χ0n) is 12.3. The molecule has 1 saturated heterocycles. The van der Waals surface area contributed by atoms with Crippen molar-refractivity contribution in [1.29, 1.82) is 0 Å². The molecule has 6 nitrogen and oxygen atoms in total. The Bertz CT molecular complexity index is 894. The van der Waals surface area contributed by atoms with E-state index in [9.17, 15) is 9.59 Å². The first-order valence-corrected chi connectivity index (χ1v) is 7.52. The molecule has 24 heavy (non-hydrogen) atoms. The van der Waals surface area contributed by atoms with E-state index in [0.717, 1.165) is 0 Å². The molecule has 0 aromatic heterocycles. The molecule has 2 aromatic rings. The largest absolute Gasteiger partial charge is 0.454 e. The number of amides is 2. The molecule has 120 valence electrons. The molecule has 0 saturated carbocycles. The summed E-state index contributed by atoms with van der Waals surface area (Å²) in [5.74, 6) is 0.305. The number of fused-ring (bicyclic) bond motifs is 1. The molecule has 2 heterocycles. The number of rotatable bonds is 2. The molecule has 2 aliphatic rings. The van der Waals surface area contributed by atoms with Crippen molar-refractivity contribution >= 4 is 35.2 Å². The van der Waals surface area contributed by atoms with Crippen LogP contribution >= 0.6 is 11.6 Å². The predicted molar refractivity (Wildman–Crippen MR) is 87.6 cm³/mol. The summed E-state index contributed by atoms with van der Waals surface area (Å²) in [6.07, 6.45) is 1.52. The first kappa shape index (κ1) is 14.6. The van der Waals surface area contributed by atoms with Gasteiger partial charge < -0.3 is 9.47 Å². The van der Waals surface area contributed by atoms with Crippen molar-refractivity contribution < 1.29 is 19.1 Å². The van der Waals surface area contributed by atoms with Gasteiger partial charge in [0.05, 0.1) is 5.69 Å². The van der Waals surface area contributed by atoms with E-state index in [2.05, 4.69) is 5.43 Å². The number of carbonyl (C=O) groups excluding carboxylic acids is 2. The van der Waals surface area contributed by atoms with Gasteiger partial charge in [0.25, 0.3) is 11.8 Å². The lowest BCUT2D eigenvalue weighted by molar-refractivity contribution is -0.117. The van der Waals surface area contributed by atoms with Gasteiger partial charge >= 0.3 is 0 Å². The monoisotopic (exact) mass is 342 g/mol. The highest BCUT2D eigenvalue weighted by atomic mass is 35.5. The fraction of sp³-hybridized carbons (Fsp3) is 0.0588. The van der Waals surface area contributed by atoms with Crippen molar-refractivity contribution in [3.63, 3.8) is 0 Å². The Labute approximate surface area is 142 Å². The Morgan fingerprint density at radius 2 is 1.92 bits per heavy atom. The van der Waals surface area contributed by atoms with Gasteiger partial charge in [0.2, 0.25) is 6.79 Å². The van der Waals surface area contributed by atoms with Crippen molar-refractivity contribution in [3.8, 4) is 11.5 Å². The van der Waals surface area contributed by atoms with Gasteiger partial charge in [-0.15, -0.1) is 0 Å². The molecule has 1 fully saturated rings. The van der Waals surface area contributed by atoms with Crippen molar-refractivity contribution in [2.45, 2.75) is 0 Å². The van der Waals surface area contributed by atoms with E-state index in [0.29, 0.717) is 27.8 Å². The lowest BCUT2D eigenvalue weighted by Crippen LogP contribution is -2.35. The number of halogens is 1. The van der Waals surface area contributed by atoms with Gasteiger partial charge in [0, 0.05) is 5.02 Å². The summed E-state index contributed by atoms with van der Waals surface area (Å²) in [5, 5.41) is 1.65. The maximum Gasteiger partial charge on any atom is 0.282 e. The highest BCUT2D eigenvalue weighted by Crippen LogP contribution is 2.33. The molecule has 0 unspecified atom stereocenters. The average molecular weight is 343 g/mol. The fourth-order valence-corrected chi connectivity index (χ4v) is 2.71. The van der Waals surface area contributed by atoms with Crippen LogP contribution in [-0.2, 0) is 9.59 Å². The minimum Gasteiger partial charge on any atom is -0.454 e. The van der Waals surface area contributed by atoms with Gasteiger partial charge in [-0.25, -0.2) is 5.01 Å². The van der Waals surface area contributed by atoms with Gasteiger partial charge in [0.15, 0.2) is 11.5 Å². The normalized spacial score (nSPS) is 17.5. The van der Waals surface area contributed by atoms with Crippen LogP contribution in [0.5, 0.6) is 11.5 Å². The van der Waals surface area contributed by atoms with Crippen molar-refractivity contribution in [3.05, 3.63) is 58.6 Å². The van der Waals surface area contributed by atoms with E-state index in [4.69, 9.17) is 21.1 Å². The minimum atomic E-state index is -0.474. The third kappa shape index (κ3) is 2.47. The highest BCUT2D eigenvalue weighted by Gasteiger charge is 2.34. The quantitative estimate of drug-likeness (QED) is 0.672. The molecule has 0 spiro atoms. The number of nitrogens with one attached hydrogen (secondary N) is 1. The van der Waals surface area contributed by atoms with Crippen LogP contribution in [-0.4, -0.2) is 18.6 Å². The Morgan fingerprint density at radius 1 is 1.08 bits per heavy atom. The number of anilines is 1. The summed E-state index contributed by atoms with van der Waals surface area (Å²) >= 11 is 5.94. The van der Waals surface area contributed by atoms with Crippen molar-refractivity contribution in [2.75, 3.05) is 11.8 Å². The molecule has 1 N–H and O–H groups in total. The second-order valence-electron chi connectivity index (χ2n) is 5.23. The second-order valence-corrected chi connectivity index (χ2v) is 5.67. The molecule has 0 bridgehead atoms. The summed E-state index contributed by atoms with van der Waals surface area (Å²) in [6, 6.07) is 11.9. The smallest absolute Gasteiger partial charge is 0.282 e. The van der Waals surface area contributed by atoms with Crippen LogP contribution in [0.1, 0.15) is 5.56 Å². The number of ether oxygens (including phenoxy) is 2. The van der Waals surface area contributed by atoms with Gasteiger partial charge in [-0.2, -0.15) is 0 Å². The fourth-order valence-electron chi connectivity index (χ4n) is 2.52. The molecule has 7 heteroatoms. The number of hydrogen-bond acceptors (Lipinski definition) is 4. The zero-order chi connectivity index (χ0) is 16.7. The highest BCUT2D eigenvalue weighted by molar-refractivity contribution is 6.33. The number of benzene rings is 2. The second kappa shape index (κ2) is 5.58. The molecule has 2 amide bonds. The SMILES string of the molecule is O=C1NN(c2cccc(Cl)c2)C(=O)/C1=C/c1ccc2c(c1)OCO2. The first-order chi connectivity index (χ1) is 11.6. The van der Waals surface area contributed by atoms with E-state index in [1.165, 1.54) is 11.1 Å². The standard InChI is InChI=1S/C17H11ClN2O4/c18-11-2-1-3-12(8-11)20-17(22)13(16(21)19-20)6-10-4-5-14-15(7-10)24-9-23-14/h1-8H,9H2,(H,19,21)/b13-6+. The lowest BCUT2D eigenvalue weighted by Gasteiger charge is -2.14. The minimum absolute atomic E-state index is 0.0360. The zero-order valence-corrected chi connectivity index (χ0v) is 13.0. The summed E-state index contributed by atoms with van der Waals surface area (Å²) in [6.45, 7) is 0.164. The summed E-state index contributed by atoms with van der Waals surface area (Å²) in [5.41, 5.74) is 3.74. The Balaban J connectivity index is 1.66. The summed E-state index contributed by atoms with van der Waals surface area (Å²) in [4.78, 5) is 24.7. The molecule has 4 rings (SSSR count). The van der Waals surface area contributed by atoms with E-state index in [1.807, 2.05) is 0 Å². The van der Waals surface area contributed by atoms with E-state index in [-0.39, 0.29) is 12.4 Å². The molecule has 0 aliphatic carbocycles. The molecule has 2 aliphatic heterocycles. The van der Waals surface area contributed by atoms with Gasteiger partial charge in [0.1, 0.15) is 5.57 Å². The van der Waals surface area contributed by atoms with Crippen LogP contribution in [0.3, 0.4) is 0 Å². The molecule has 0 radical (unpaired) electrons. The average Bonchev–Trinajstić information content (AvgIpc) is 3.14. The third-order valence-electron chi connectivity index (χ3n) is 3.67. The number of carbonyl (C=O) groups is 2. The molecule has 2 aromatic carbocycles. The number of hydrazine groups is 1. The summed E-state index contributed by atoms with van der Waals surface area (Å²) in [7, 11) is 0. The Hall–Kier alpha value is -2.99. The van der Waals surface area contributed by atoms with E-state index < -0.39 is 11.8 Å². The molecular weight excluding hydrogens is 332 g/mol. The Morgan fingerprint density at radius 3 is 2.75 bits per heavy atom. The van der Waals surface area contributed by atoms with Crippen LogP contribution in [0.4, 0.5) is 5.69 Å². The van der Waals surface area contributed by atoms with Crippen LogP contribution in [0.25, 0.3) is 6.08 Å². The topological polar surface area (TPSA) is 67.9 Å². The predicted octanol–water partition coefficient (Wildman–Crippen LogP) is 2.53. The van der Waals surface area contributed by atoms with E-state index >= 15 is 0 Å². The van der Waals surface area contributed by atoms with Crippen molar-refractivity contribution in [2.24, 2.45) is 0 Å². The number of nitrogens with zero attached hydrogens (tertiary/aromatic N) is 1. The van der Waals surface area contributed by atoms with Crippen LogP contribution in [0, 0.1) is 0 Å². The third-order valence-corrected chi connectivity index (χ3v) is 3.90. The lowest BCUT2D eigenvalue weighted by atomic mass is 10.1. The maximum atomic E-state index is 12.5. The van der Waals surface area contributed by atoms with Crippen LogP contribution < -0.4 is 19.9 Å². The number of hydrogen-bond donors (Lipinski definition) is 1. The van der Waals surface area contributed by atoms with E-state index in [1.54, 1.807) is 42.5 Å². The van der Waals surface area contributed by atoms with Gasteiger partial charge in [-0.1, -0.05) is 23.7 Å². The first-order valence-electron chi connectivity index (χ1n) is 7.14. The van der Waals surface area contributed by atoms with Crippen molar-refractivity contribution in [1.82, 2.24) is 5.43 Å². The van der Waals surface area contributed by atoms with Crippen LogP contribution in [0.15, 0.2) is 48.0 Å². The summed E-state index contributed by atoms with van der Waals surface area (Å²) < 4.78 is 10.5. The Kier molecular flexibility index (Phi) is 3.39. The van der Waals surface area contributed by atoms with Crippen LogP contribution in [0.2, 0.25) is 5.02 Å². The molecule has 0 atom stereocenters. The van der Waals surface area contributed by atoms with Gasteiger partial charge in [-0.05, 0) is 42.0 Å².